The van der Waals surface area contributed by atoms with E-state index in [4.69, 9.17) is 18.9 Å². The third-order valence-corrected chi connectivity index (χ3v) is 2.65. The molecule has 0 aliphatic carbocycles. The lowest BCUT2D eigenvalue weighted by Crippen LogP contribution is -2.24. The average Bonchev–Trinajstić information content (AvgIpc) is 2.68. The van der Waals surface area contributed by atoms with Crippen LogP contribution in [0.1, 0.15) is 27.2 Å². The normalized spacial score (nSPS) is 35.1. The third-order valence-electron chi connectivity index (χ3n) is 2.65. The zero-order valence-corrected chi connectivity index (χ0v) is 10.3. The summed E-state index contributed by atoms with van der Waals surface area (Å²) in [6.07, 6.45) is 3.25. The Bertz CT molecular complexity index is 307. The van der Waals surface area contributed by atoms with Gasteiger partial charge in [-0.25, -0.2) is 4.79 Å². The van der Waals surface area contributed by atoms with Crippen molar-refractivity contribution in [1.29, 1.82) is 0 Å². The molecule has 3 atom stereocenters. The molecule has 96 valence electrons. The quantitative estimate of drug-likeness (QED) is 0.552. The van der Waals surface area contributed by atoms with E-state index in [0.29, 0.717) is 13.0 Å². The molecule has 0 aromatic heterocycles. The summed E-state index contributed by atoms with van der Waals surface area (Å²) < 4.78 is 21.6. The molecule has 0 aromatic carbocycles. The van der Waals surface area contributed by atoms with Gasteiger partial charge in [0.05, 0.1) is 12.7 Å². The lowest BCUT2D eigenvalue weighted by atomic mass is 10.2. The standard InChI is InChI=1S/C12H18O5/c1-4-14-10(13)6-5-8-7-9-11(15-8)17-12(2,3)16-9/h5-6,8-9,11H,4,7H2,1-3H3/b6-5+/t8-,9-,11-/m1/s1. The van der Waals surface area contributed by atoms with Crippen molar-refractivity contribution in [2.24, 2.45) is 0 Å². The summed E-state index contributed by atoms with van der Waals surface area (Å²) in [6.45, 7) is 5.86. The highest BCUT2D eigenvalue weighted by atomic mass is 16.8. The predicted molar refractivity (Wildman–Crippen MR) is 59.1 cm³/mol. The summed E-state index contributed by atoms with van der Waals surface area (Å²) in [5.41, 5.74) is 0. The molecule has 2 aliphatic rings. The van der Waals surface area contributed by atoms with Gasteiger partial charge >= 0.3 is 5.97 Å². The minimum absolute atomic E-state index is 0.0538. The number of rotatable bonds is 3. The molecular formula is C12H18O5. The molecule has 2 rings (SSSR count). The van der Waals surface area contributed by atoms with E-state index in [9.17, 15) is 4.79 Å². The largest absolute Gasteiger partial charge is 0.463 e. The fraction of sp³-hybridized carbons (Fsp3) is 0.750. The second-order valence-corrected chi connectivity index (χ2v) is 4.56. The molecule has 0 unspecified atom stereocenters. The highest BCUT2D eigenvalue weighted by molar-refractivity contribution is 5.81. The van der Waals surface area contributed by atoms with Crippen molar-refractivity contribution in [3.05, 3.63) is 12.2 Å². The topological polar surface area (TPSA) is 54.0 Å². The number of esters is 1. The Kier molecular flexibility index (Phi) is 3.51. The van der Waals surface area contributed by atoms with Gasteiger partial charge in [0.15, 0.2) is 12.1 Å². The molecule has 2 aliphatic heterocycles. The molecule has 0 saturated carbocycles. The number of hydrogen-bond acceptors (Lipinski definition) is 5. The SMILES string of the molecule is CCOC(=O)/C=C/[C@@H]1C[C@H]2OC(C)(C)O[C@H]2O1. The lowest BCUT2D eigenvalue weighted by Gasteiger charge is -2.19. The Morgan fingerprint density at radius 1 is 1.47 bits per heavy atom. The van der Waals surface area contributed by atoms with E-state index in [1.54, 1.807) is 13.0 Å². The van der Waals surface area contributed by atoms with Gasteiger partial charge < -0.3 is 18.9 Å². The molecule has 0 N–H and O–H groups in total. The molecule has 5 heteroatoms. The Balaban J connectivity index is 1.83. The minimum atomic E-state index is -0.578. The van der Waals surface area contributed by atoms with E-state index >= 15 is 0 Å². The van der Waals surface area contributed by atoms with Crippen LogP contribution in [0.25, 0.3) is 0 Å². The maximum Gasteiger partial charge on any atom is 0.330 e. The number of ether oxygens (including phenoxy) is 4. The van der Waals surface area contributed by atoms with Crippen LogP contribution >= 0.6 is 0 Å². The molecule has 17 heavy (non-hydrogen) atoms. The third kappa shape index (κ3) is 3.06. The number of carbonyl (C=O) groups excluding carboxylic acids is 1. The zero-order valence-electron chi connectivity index (χ0n) is 10.3. The molecule has 2 fully saturated rings. The van der Waals surface area contributed by atoms with E-state index in [2.05, 4.69) is 0 Å². The summed E-state index contributed by atoms with van der Waals surface area (Å²) in [5.74, 6) is -0.930. The van der Waals surface area contributed by atoms with Gasteiger partial charge in [0, 0.05) is 12.5 Å². The smallest absolute Gasteiger partial charge is 0.330 e. The fourth-order valence-electron chi connectivity index (χ4n) is 2.04. The second-order valence-electron chi connectivity index (χ2n) is 4.56. The van der Waals surface area contributed by atoms with Crippen LogP contribution in [-0.2, 0) is 23.7 Å². The van der Waals surface area contributed by atoms with Gasteiger partial charge in [-0.2, -0.15) is 0 Å². The van der Waals surface area contributed by atoms with Gasteiger partial charge in [0.2, 0.25) is 0 Å². The lowest BCUT2D eigenvalue weighted by molar-refractivity contribution is -0.200. The van der Waals surface area contributed by atoms with Crippen molar-refractivity contribution in [3.8, 4) is 0 Å². The first-order chi connectivity index (χ1) is 8.00. The van der Waals surface area contributed by atoms with Gasteiger partial charge in [0.25, 0.3) is 0 Å². The van der Waals surface area contributed by atoms with Crippen LogP contribution in [-0.4, -0.2) is 36.9 Å². The molecule has 2 saturated heterocycles. The molecule has 0 bridgehead atoms. The molecular weight excluding hydrogens is 224 g/mol. The van der Waals surface area contributed by atoms with Gasteiger partial charge in [-0.3, -0.25) is 0 Å². The maximum atomic E-state index is 11.1. The van der Waals surface area contributed by atoms with Crippen LogP contribution in [0.5, 0.6) is 0 Å². The van der Waals surface area contributed by atoms with Gasteiger partial charge in [0.1, 0.15) is 6.10 Å². The molecule has 2 heterocycles. The summed E-state index contributed by atoms with van der Waals surface area (Å²) in [7, 11) is 0. The molecule has 0 spiro atoms. The first kappa shape index (κ1) is 12.5. The van der Waals surface area contributed by atoms with E-state index in [1.165, 1.54) is 6.08 Å². The van der Waals surface area contributed by atoms with E-state index < -0.39 is 5.79 Å². The van der Waals surface area contributed by atoms with Crippen molar-refractivity contribution in [2.45, 2.75) is 51.5 Å². The molecule has 0 aromatic rings. The monoisotopic (exact) mass is 242 g/mol. The summed E-state index contributed by atoms with van der Waals surface area (Å²) in [4.78, 5) is 11.1. The number of fused-ring (bicyclic) bond motifs is 1. The van der Waals surface area contributed by atoms with E-state index in [0.717, 1.165) is 0 Å². The van der Waals surface area contributed by atoms with Crippen LogP contribution in [0.4, 0.5) is 0 Å². The molecule has 0 radical (unpaired) electrons. The highest BCUT2D eigenvalue weighted by Crippen LogP contribution is 2.37. The summed E-state index contributed by atoms with van der Waals surface area (Å²) in [6, 6.07) is 0. The van der Waals surface area contributed by atoms with Crippen LogP contribution in [0.2, 0.25) is 0 Å². The predicted octanol–water partition coefficient (Wildman–Crippen LogP) is 1.37. The van der Waals surface area contributed by atoms with Crippen molar-refractivity contribution in [3.63, 3.8) is 0 Å². The number of hydrogen-bond donors (Lipinski definition) is 0. The fourth-order valence-corrected chi connectivity index (χ4v) is 2.04. The van der Waals surface area contributed by atoms with Crippen molar-refractivity contribution in [2.75, 3.05) is 6.61 Å². The van der Waals surface area contributed by atoms with E-state index in [-0.39, 0.29) is 24.5 Å². The van der Waals surface area contributed by atoms with Crippen LogP contribution in [0, 0.1) is 0 Å². The van der Waals surface area contributed by atoms with Crippen molar-refractivity contribution >= 4 is 5.97 Å². The Labute approximate surface area is 101 Å². The summed E-state index contributed by atoms with van der Waals surface area (Å²) >= 11 is 0. The first-order valence-corrected chi connectivity index (χ1v) is 5.86. The highest BCUT2D eigenvalue weighted by Gasteiger charge is 2.47. The Morgan fingerprint density at radius 3 is 2.88 bits per heavy atom. The molecule has 0 amide bonds. The van der Waals surface area contributed by atoms with Crippen LogP contribution in [0.15, 0.2) is 12.2 Å². The summed E-state index contributed by atoms with van der Waals surface area (Å²) in [5, 5.41) is 0. The average molecular weight is 242 g/mol. The Hall–Kier alpha value is -0.910. The maximum absolute atomic E-state index is 11.1. The Morgan fingerprint density at radius 2 is 2.24 bits per heavy atom. The van der Waals surface area contributed by atoms with Gasteiger partial charge in [-0.05, 0) is 26.8 Å². The van der Waals surface area contributed by atoms with Crippen molar-refractivity contribution < 1.29 is 23.7 Å². The van der Waals surface area contributed by atoms with Gasteiger partial charge in [-0.15, -0.1) is 0 Å². The minimum Gasteiger partial charge on any atom is -0.463 e. The van der Waals surface area contributed by atoms with Crippen LogP contribution in [0.3, 0.4) is 0 Å². The molecule has 5 nitrogen and oxygen atoms in total. The van der Waals surface area contributed by atoms with Crippen molar-refractivity contribution in [1.82, 2.24) is 0 Å². The number of carbonyl (C=O) groups is 1. The van der Waals surface area contributed by atoms with Gasteiger partial charge in [-0.1, -0.05) is 0 Å². The van der Waals surface area contributed by atoms with E-state index in [1.807, 2.05) is 13.8 Å². The first-order valence-electron chi connectivity index (χ1n) is 5.86. The second kappa shape index (κ2) is 4.76. The van der Waals surface area contributed by atoms with Crippen LogP contribution < -0.4 is 0 Å². The zero-order chi connectivity index (χ0) is 12.5.